The van der Waals surface area contributed by atoms with Crippen molar-refractivity contribution in [2.75, 3.05) is 44.2 Å². The van der Waals surface area contributed by atoms with Gasteiger partial charge in [0.05, 0.1) is 12.0 Å². The molecule has 9 heteroatoms. The molecule has 192 valence electrons. The zero-order valence-electron chi connectivity index (χ0n) is 21.1. The minimum atomic E-state index is -0.314. The number of rotatable bonds is 7. The largest absolute Gasteiger partial charge is 0.493 e. The van der Waals surface area contributed by atoms with Crippen LogP contribution in [0.1, 0.15) is 6.42 Å². The Kier molecular flexibility index (Phi) is 6.96. The van der Waals surface area contributed by atoms with E-state index in [-0.39, 0.29) is 16.7 Å². The molecular formula is C28H30N4O5. The van der Waals surface area contributed by atoms with Gasteiger partial charge in [-0.05, 0) is 18.6 Å². The molecule has 5 rings (SSSR count). The van der Waals surface area contributed by atoms with Crippen LogP contribution in [-0.4, -0.2) is 53.4 Å². The lowest BCUT2D eigenvalue weighted by atomic mass is 10.1. The van der Waals surface area contributed by atoms with Crippen molar-refractivity contribution < 1.29 is 9.15 Å². The van der Waals surface area contributed by atoms with Crippen LogP contribution in [-0.2, 0) is 14.1 Å². The van der Waals surface area contributed by atoms with Crippen LogP contribution in [0.3, 0.4) is 0 Å². The summed E-state index contributed by atoms with van der Waals surface area (Å²) in [5.41, 5.74) is 0.671. The molecule has 2 aromatic heterocycles. The Morgan fingerprint density at radius 3 is 2.38 bits per heavy atom. The first-order valence-electron chi connectivity index (χ1n) is 12.4. The first kappa shape index (κ1) is 24.6. The Labute approximate surface area is 213 Å². The van der Waals surface area contributed by atoms with Crippen LogP contribution in [0.2, 0.25) is 0 Å². The van der Waals surface area contributed by atoms with Gasteiger partial charge in [-0.2, -0.15) is 0 Å². The minimum absolute atomic E-state index is 0.0817. The van der Waals surface area contributed by atoms with Crippen molar-refractivity contribution in [3.63, 3.8) is 0 Å². The number of hydrogen-bond acceptors (Lipinski definition) is 7. The van der Waals surface area contributed by atoms with E-state index in [0.29, 0.717) is 34.9 Å². The summed E-state index contributed by atoms with van der Waals surface area (Å²) in [6.45, 7) is 4.59. The highest BCUT2D eigenvalue weighted by Gasteiger charge is 2.20. The van der Waals surface area contributed by atoms with Gasteiger partial charge in [0.25, 0.3) is 5.56 Å². The van der Waals surface area contributed by atoms with Crippen molar-refractivity contribution >= 4 is 16.8 Å². The molecule has 0 spiro atoms. The predicted octanol–water partition coefficient (Wildman–Crippen LogP) is 2.45. The lowest BCUT2D eigenvalue weighted by Gasteiger charge is -2.36. The third-order valence-corrected chi connectivity index (χ3v) is 6.84. The second-order valence-corrected chi connectivity index (χ2v) is 9.27. The first-order valence-corrected chi connectivity index (χ1v) is 12.4. The molecule has 0 unspecified atom stereocenters. The van der Waals surface area contributed by atoms with Crippen molar-refractivity contribution in [3.05, 3.63) is 91.7 Å². The zero-order chi connectivity index (χ0) is 25.9. The van der Waals surface area contributed by atoms with Crippen LogP contribution < -0.4 is 26.3 Å². The normalized spacial score (nSPS) is 14.3. The van der Waals surface area contributed by atoms with E-state index < -0.39 is 0 Å². The highest BCUT2D eigenvalue weighted by Crippen LogP contribution is 2.25. The van der Waals surface area contributed by atoms with Crippen LogP contribution in [0.25, 0.3) is 22.3 Å². The van der Waals surface area contributed by atoms with E-state index in [1.165, 1.54) is 23.7 Å². The summed E-state index contributed by atoms with van der Waals surface area (Å²) < 4.78 is 14.6. The summed E-state index contributed by atoms with van der Waals surface area (Å²) in [4.78, 5) is 41.3. The highest BCUT2D eigenvalue weighted by molar-refractivity contribution is 5.80. The predicted molar refractivity (Wildman–Crippen MR) is 144 cm³/mol. The minimum Gasteiger partial charge on any atom is -0.493 e. The topological polar surface area (TPSA) is 89.9 Å². The Morgan fingerprint density at radius 1 is 0.865 bits per heavy atom. The number of piperazine rings is 1. The van der Waals surface area contributed by atoms with E-state index in [9.17, 15) is 14.4 Å². The lowest BCUT2D eigenvalue weighted by molar-refractivity contribution is 0.224. The number of hydrogen-bond donors (Lipinski definition) is 0. The summed E-state index contributed by atoms with van der Waals surface area (Å²) >= 11 is 0. The summed E-state index contributed by atoms with van der Waals surface area (Å²) in [6.07, 6.45) is 0.844. The zero-order valence-corrected chi connectivity index (χ0v) is 21.1. The van der Waals surface area contributed by atoms with Gasteiger partial charge in [0.1, 0.15) is 22.9 Å². The van der Waals surface area contributed by atoms with E-state index in [1.807, 2.05) is 30.3 Å². The highest BCUT2D eigenvalue weighted by atomic mass is 16.5. The van der Waals surface area contributed by atoms with Crippen LogP contribution >= 0.6 is 0 Å². The molecule has 0 N–H and O–H groups in total. The van der Waals surface area contributed by atoms with Gasteiger partial charge in [-0.1, -0.05) is 30.3 Å². The number of aromatic nitrogens is 2. The average Bonchev–Trinajstić information content (AvgIpc) is 2.92. The van der Waals surface area contributed by atoms with Gasteiger partial charge < -0.3 is 14.1 Å². The second-order valence-electron chi connectivity index (χ2n) is 9.27. The van der Waals surface area contributed by atoms with Gasteiger partial charge >= 0.3 is 5.69 Å². The SMILES string of the molecule is Cn1c(N2CCN(CCCOc3ccc4c(=O)cc(-c5ccccc5)oc4c3)CC2)cc(=O)n(C)c1=O. The van der Waals surface area contributed by atoms with Crippen molar-refractivity contribution in [3.8, 4) is 17.1 Å². The van der Waals surface area contributed by atoms with Crippen LogP contribution in [0.4, 0.5) is 5.82 Å². The van der Waals surface area contributed by atoms with Crippen molar-refractivity contribution in [1.82, 2.24) is 14.0 Å². The molecule has 1 aliphatic rings. The maximum atomic E-state index is 12.6. The third-order valence-electron chi connectivity index (χ3n) is 6.84. The van der Waals surface area contributed by atoms with E-state index in [0.717, 1.165) is 49.3 Å². The molecule has 2 aromatic carbocycles. The molecule has 0 bridgehead atoms. The molecule has 0 saturated carbocycles. The van der Waals surface area contributed by atoms with Crippen LogP contribution in [0.15, 0.2) is 79.5 Å². The Bertz CT molecular complexity index is 1580. The molecule has 37 heavy (non-hydrogen) atoms. The monoisotopic (exact) mass is 502 g/mol. The van der Waals surface area contributed by atoms with E-state index in [4.69, 9.17) is 9.15 Å². The summed E-state index contributed by atoms with van der Waals surface area (Å²) in [5.74, 6) is 1.86. The number of fused-ring (bicyclic) bond motifs is 1. The maximum absolute atomic E-state index is 12.6. The van der Waals surface area contributed by atoms with Gasteiger partial charge in [-0.25, -0.2) is 4.79 Å². The molecule has 0 atom stereocenters. The molecule has 1 saturated heterocycles. The Hall–Kier alpha value is -4.11. The van der Waals surface area contributed by atoms with Crippen LogP contribution in [0.5, 0.6) is 5.75 Å². The maximum Gasteiger partial charge on any atom is 0.332 e. The standard InChI is InChI=1S/C28H30N4O5/c1-29-26(19-27(34)30(2)28(29)35)32-14-12-31(13-15-32)11-6-16-36-21-9-10-22-23(33)18-24(37-25(22)17-21)20-7-4-3-5-8-20/h3-5,7-10,17-19H,6,11-16H2,1-2H3. The molecule has 9 nitrogen and oxygen atoms in total. The number of ether oxygens (including phenoxy) is 1. The number of nitrogens with zero attached hydrogens (tertiary/aromatic N) is 4. The Morgan fingerprint density at radius 2 is 1.62 bits per heavy atom. The molecule has 1 aliphatic heterocycles. The summed E-state index contributed by atoms with van der Waals surface area (Å²) in [7, 11) is 3.19. The second kappa shape index (κ2) is 10.5. The third kappa shape index (κ3) is 5.22. The van der Waals surface area contributed by atoms with Gasteiger partial charge in [0.15, 0.2) is 5.43 Å². The molecule has 0 aliphatic carbocycles. The first-order chi connectivity index (χ1) is 17.9. The summed E-state index contributed by atoms with van der Waals surface area (Å²) in [6, 6.07) is 17.9. The van der Waals surface area contributed by atoms with E-state index in [2.05, 4.69) is 9.80 Å². The van der Waals surface area contributed by atoms with Crippen molar-refractivity contribution in [2.24, 2.45) is 14.1 Å². The van der Waals surface area contributed by atoms with Gasteiger partial charge in [0.2, 0.25) is 0 Å². The lowest BCUT2D eigenvalue weighted by Crippen LogP contribution is -2.49. The molecule has 0 radical (unpaired) electrons. The van der Waals surface area contributed by atoms with Gasteiger partial charge in [0, 0.05) is 70.6 Å². The smallest absolute Gasteiger partial charge is 0.332 e. The Balaban J connectivity index is 1.15. The molecule has 0 amide bonds. The van der Waals surface area contributed by atoms with Crippen molar-refractivity contribution in [1.29, 1.82) is 0 Å². The fourth-order valence-electron chi connectivity index (χ4n) is 4.67. The van der Waals surface area contributed by atoms with Gasteiger partial charge in [-0.15, -0.1) is 0 Å². The van der Waals surface area contributed by atoms with E-state index in [1.54, 1.807) is 25.2 Å². The molecular weight excluding hydrogens is 472 g/mol. The summed E-state index contributed by atoms with van der Waals surface area (Å²) in [5, 5.41) is 0.527. The van der Waals surface area contributed by atoms with Gasteiger partial charge in [-0.3, -0.25) is 23.6 Å². The quantitative estimate of drug-likeness (QED) is 0.359. The fourth-order valence-corrected chi connectivity index (χ4v) is 4.67. The molecule has 3 heterocycles. The molecule has 1 fully saturated rings. The van der Waals surface area contributed by atoms with Crippen molar-refractivity contribution in [2.45, 2.75) is 6.42 Å². The molecule has 4 aromatic rings. The van der Waals surface area contributed by atoms with E-state index >= 15 is 0 Å². The fraction of sp³-hybridized carbons (Fsp3) is 0.321. The number of anilines is 1. The average molecular weight is 503 g/mol. The van der Waals surface area contributed by atoms with Crippen LogP contribution in [0, 0.1) is 0 Å². The number of benzene rings is 2.